The summed E-state index contributed by atoms with van der Waals surface area (Å²) >= 11 is 0. The first-order chi connectivity index (χ1) is 5.74. The maximum atomic E-state index is 8.13. The lowest BCUT2D eigenvalue weighted by molar-refractivity contribution is 1.03. The first-order valence-electron chi connectivity index (χ1n) is 3.81. The van der Waals surface area contributed by atoms with Crippen LogP contribution in [0.15, 0.2) is 23.3 Å². The largest absolute Gasteiger partial charge is 0.0893 e. The average molecular weight is 161 g/mol. The summed E-state index contributed by atoms with van der Waals surface area (Å²) < 4.78 is 0. The molecule has 0 aliphatic heterocycles. The highest BCUT2D eigenvalue weighted by Crippen LogP contribution is 2.11. The Kier molecular flexibility index (Phi) is 2.72. The molecule has 0 aromatic heterocycles. The highest BCUT2D eigenvalue weighted by molar-refractivity contribution is 5.30. The fourth-order valence-corrected chi connectivity index (χ4v) is 1.13. The van der Waals surface area contributed by atoms with Gasteiger partial charge in [-0.2, -0.15) is 0 Å². The smallest absolute Gasteiger partial charge is 0.0513 e. The molecule has 1 aromatic carbocycles. The van der Waals surface area contributed by atoms with Crippen molar-refractivity contribution in [2.45, 2.75) is 20.4 Å². The van der Waals surface area contributed by atoms with Crippen molar-refractivity contribution in [3.05, 3.63) is 45.3 Å². The third-order valence-electron chi connectivity index (χ3n) is 1.80. The summed E-state index contributed by atoms with van der Waals surface area (Å²) in [6, 6.07) is 6.11. The van der Waals surface area contributed by atoms with Crippen LogP contribution in [0.3, 0.4) is 0 Å². The van der Waals surface area contributed by atoms with Gasteiger partial charge in [-0.15, -0.1) is 0 Å². The molecule has 3 heteroatoms. The number of rotatable bonds is 2. The summed E-state index contributed by atoms with van der Waals surface area (Å²) in [5.74, 6) is 0. The van der Waals surface area contributed by atoms with Gasteiger partial charge in [0.25, 0.3) is 0 Å². The lowest BCUT2D eigenvalue weighted by Gasteiger charge is -2.02. The number of benzene rings is 1. The summed E-state index contributed by atoms with van der Waals surface area (Å²) in [6.45, 7) is 4.52. The topological polar surface area (TPSA) is 48.8 Å². The highest BCUT2D eigenvalue weighted by atomic mass is 15.1. The Morgan fingerprint density at radius 2 is 2.17 bits per heavy atom. The van der Waals surface area contributed by atoms with Crippen molar-refractivity contribution >= 4 is 0 Å². The van der Waals surface area contributed by atoms with Gasteiger partial charge in [0.05, 0.1) is 6.54 Å². The van der Waals surface area contributed by atoms with Crippen LogP contribution in [-0.2, 0) is 6.54 Å². The van der Waals surface area contributed by atoms with Crippen molar-refractivity contribution in [2.24, 2.45) is 5.11 Å². The lowest BCUT2D eigenvalue weighted by Crippen LogP contribution is -1.86. The molecule has 3 nitrogen and oxygen atoms in total. The van der Waals surface area contributed by atoms with Gasteiger partial charge in [0.15, 0.2) is 0 Å². The molecule has 0 saturated carbocycles. The molecular formula is C9H11N3. The van der Waals surface area contributed by atoms with E-state index < -0.39 is 0 Å². The summed E-state index contributed by atoms with van der Waals surface area (Å²) in [6.07, 6.45) is 0. The first kappa shape index (κ1) is 8.62. The summed E-state index contributed by atoms with van der Waals surface area (Å²) in [4.78, 5) is 2.72. The molecule has 0 fully saturated rings. The average Bonchev–Trinajstić information content (AvgIpc) is 2.03. The molecule has 0 saturated heterocycles. The van der Waals surface area contributed by atoms with Gasteiger partial charge in [-0.25, -0.2) is 0 Å². The maximum absolute atomic E-state index is 8.13. The standard InChI is InChI=1S/C9H11N3/c1-7-3-4-9(6-11-12-10)8(2)5-7/h3-5H,6H2,1-2H3. The molecule has 0 aliphatic carbocycles. The van der Waals surface area contributed by atoms with E-state index >= 15 is 0 Å². The molecule has 62 valence electrons. The Morgan fingerprint density at radius 3 is 2.75 bits per heavy atom. The van der Waals surface area contributed by atoms with Gasteiger partial charge in [-0.3, -0.25) is 0 Å². The molecule has 0 spiro atoms. The minimum absolute atomic E-state index is 0.447. The molecule has 1 aromatic rings. The Hall–Kier alpha value is -1.47. The van der Waals surface area contributed by atoms with Crippen molar-refractivity contribution in [1.82, 2.24) is 0 Å². The van der Waals surface area contributed by atoms with Crippen LogP contribution in [0, 0.1) is 13.8 Å². The molecule has 0 radical (unpaired) electrons. The van der Waals surface area contributed by atoms with E-state index in [1.54, 1.807) is 0 Å². The van der Waals surface area contributed by atoms with Gasteiger partial charge in [-0.1, -0.05) is 28.9 Å². The van der Waals surface area contributed by atoms with E-state index in [0.29, 0.717) is 6.54 Å². The SMILES string of the molecule is Cc1ccc(CN=[N+]=[N-])c(C)c1. The van der Waals surface area contributed by atoms with Crippen LogP contribution in [-0.4, -0.2) is 0 Å². The summed E-state index contributed by atoms with van der Waals surface area (Å²) in [5, 5.41) is 3.51. The third kappa shape index (κ3) is 2.01. The van der Waals surface area contributed by atoms with Crippen LogP contribution in [0.4, 0.5) is 0 Å². The molecule has 0 heterocycles. The van der Waals surface area contributed by atoms with E-state index in [2.05, 4.69) is 16.1 Å². The van der Waals surface area contributed by atoms with Gasteiger partial charge in [-0.05, 0) is 30.5 Å². The second kappa shape index (κ2) is 3.79. The van der Waals surface area contributed by atoms with Crippen molar-refractivity contribution in [3.8, 4) is 0 Å². The van der Waals surface area contributed by atoms with E-state index in [0.717, 1.165) is 5.56 Å². The molecule has 0 unspecified atom stereocenters. The van der Waals surface area contributed by atoms with Crippen molar-refractivity contribution < 1.29 is 0 Å². The monoisotopic (exact) mass is 161 g/mol. The van der Waals surface area contributed by atoms with Crippen LogP contribution < -0.4 is 0 Å². The predicted octanol–water partition coefficient (Wildman–Crippen LogP) is 3.11. The van der Waals surface area contributed by atoms with Crippen LogP contribution in [0.25, 0.3) is 10.4 Å². The number of nitrogens with zero attached hydrogens (tertiary/aromatic N) is 3. The number of hydrogen-bond donors (Lipinski definition) is 0. The molecule has 0 atom stereocenters. The summed E-state index contributed by atoms with van der Waals surface area (Å²) in [7, 11) is 0. The van der Waals surface area contributed by atoms with Crippen LogP contribution in [0.2, 0.25) is 0 Å². The van der Waals surface area contributed by atoms with Gasteiger partial charge in [0.2, 0.25) is 0 Å². The zero-order valence-electron chi connectivity index (χ0n) is 7.28. The third-order valence-corrected chi connectivity index (χ3v) is 1.80. The molecule has 0 aliphatic rings. The summed E-state index contributed by atoms with van der Waals surface area (Å²) in [5.41, 5.74) is 11.6. The molecule has 0 N–H and O–H groups in total. The van der Waals surface area contributed by atoms with Gasteiger partial charge in [0.1, 0.15) is 0 Å². The van der Waals surface area contributed by atoms with Crippen molar-refractivity contribution in [1.29, 1.82) is 0 Å². The van der Waals surface area contributed by atoms with Gasteiger partial charge in [0, 0.05) is 4.91 Å². The second-order valence-corrected chi connectivity index (χ2v) is 2.82. The molecule has 12 heavy (non-hydrogen) atoms. The Balaban J connectivity index is 2.93. The molecule has 0 bridgehead atoms. The minimum atomic E-state index is 0.447. The Morgan fingerprint density at radius 1 is 1.42 bits per heavy atom. The molecule has 1 rings (SSSR count). The number of hydrogen-bond acceptors (Lipinski definition) is 1. The van der Waals surface area contributed by atoms with Crippen molar-refractivity contribution in [3.63, 3.8) is 0 Å². The minimum Gasteiger partial charge on any atom is -0.0893 e. The van der Waals surface area contributed by atoms with E-state index in [1.165, 1.54) is 11.1 Å². The highest BCUT2D eigenvalue weighted by Gasteiger charge is 1.95. The first-order valence-corrected chi connectivity index (χ1v) is 3.81. The quantitative estimate of drug-likeness (QED) is 0.363. The van der Waals surface area contributed by atoms with Crippen molar-refractivity contribution in [2.75, 3.05) is 0 Å². The fourth-order valence-electron chi connectivity index (χ4n) is 1.13. The zero-order valence-corrected chi connectivity index (χ0v) is 7.28. The predicted molar refractivity (Wildman–Crippen MR) is 48.8 cm³/mol. The normalized spacial score (nSPS) is 9.17. The van der Waals surface area contributed by atoms with Crippen LogP contribution >= 0.6 is 0 Å². The van der Waals surface area contributed by atoms with Crippen LogP contribution in [0.1, 0.15) is 16.7 Å². The Bertz CT molecular complexity index is 325. The fraction of sp³-hybridized carbons (Fsp3) is 0.333. The zero-order chi connectivity index (χ0) is 8.97. The van der Waals surface area contributed by atoms with E-state index in [9.17, 15) is 0 Å². The number of aryl methyl sites for hydroxylation is 2. The molecular weight excluding hydrogens is 150 g/mol. The van der Waals surface area contributed by atoms with E-state index in [4.69, 9.17) is 5.53 Å². The number of azide groups is 1. The van der Waals surface area contributed by atoms with Gasteiger partial charge >= 0.3 is 0 Å². The van der Waals surface area contributed by atoms with E-state index in [-0.39, 0.29) is 0 Å². The molecule has 0 amide bonds. The van der Waals surface area contributed by atoms with Gasteiger partial charge < -0.3 is 0 Å². The van der Waals surface area contributed by atoms with E-state index in [1.807, 2.05) is 26.0 Å². The second-order valence-electron chi connectivity index (χ2n) is 2.82. The van der Waals surface area contributed by atoms with Crippen LogP contribution in [0.5, 0.6) is 0 Å². The lowest BCUT2D eigenvalue weighted by atomic mass is 10.1. The Labute approximate surface area is 71.7 Å². The maximum Gasteiger partial charge on any atom is 0.0513 e.